The van der Waals surface area contributed by atoms with Crippen LogP contribution in [0.5, 0.6) is 28.7 Å². The number of carbonyl (C=O) groups excluding carboxylic acids is 3. The van der Waals surface area contributed by atoms with Crippen molar-refractivity contribution in [1.29, 1.82) is 0 Å². The molecule has 374 valence electrons. The van der Waals surface area contributed by atoms with E-state index >= 15 is 0 Å². The molecule has 0 aromatic heterocycles. The van der Waals surface area contributed by atoms with E-state index in [-0.39, 0.29) is 56.6 Å². The molecule has 1 fully saturated rings. The number of esters is 1. The molecule has 6 N–H and O–H groups in total. The predicted octanol–water partition coefficient (Wildman–Crippen LogP) is 6.69. The molecule has 1 amide bonds. The number of nitrogens with zero attached hydrogens (tertiary/aromatic N) is 3. The number of methoxy groups -OCH3 is 2. The Morgan fingerprint density at radius 1 is 0.913 bits per heavy atom. The summed E-state index contributed by atoms with van der Waals surface area (Å²) in [6.45, 7) is 18.4. The van der Waals surface area contributed by atoms with E-state index in [1.54, 1.807) is 47.0 Å². The van der Waals surface area contributed by atoms with Gasteiger partial charge in [-0.1, -0.05) is 64.1 Å². The number of phenolic OH excluding ortho intramolecular Hbond substituents is 3. The van der Waals surface area contributed by atoms with Crippen molar-refractivity contribution >= 4 is 40.3 Å². The number of amides is 1. The maximum atomic E-state index is 14.7. The van der Waals surface area contributed by atoms with Gasteiger partial charge in [-0.2, -0.15) is 5.10 Å². The number of rotatable bonds is 7. The predicted molar refractivity (Wildman–Crippen MR) is 260 cm³/mol. The first-order valence-corrected chi connectivity index (χ1v) is 23.3. The second-order valence-corrected chi connectivity index (χ2v) is 18.9. The number of piperazine rings is 1. The van der Waals surface area contributed by atoms with Crippen LogP contribution in [0.15, 0.2) is 65.5 Å². The Morgan fingerprint density at radius 3 is 2.22 bits per heavy atom. The van der Waals surface area contributed by atoms with Crippen LogP contribution in [-0.4, -0.2) is 129 Å². The Bertz CT molecular complexity index is 2540. The molecule has 7 rings (SSSR count). The number of hydrogen-bond donors (Lipinski definition) is 6. The molecule has 11 atom stereocenters. The average molecular weight is 957 g/mol. The van der Waals surface area contributed by atoms with Gasteiger partial charge in [0.25, 0.3) is 11.7 Å². The second-order valence-electron chi connectivity index (χ2n) is 18.9. The number of phenols is 3. The Hall–Kier alpha value is -6.14. The van der Waals surface area contributed by atoms with Crippen LogP contribution < -0.4 is 14.8 Å². The summed E-state index contributed by atoms with van der Waals surface area (Å²) < 4.78 is 29.4. The van der Waals surface area contributed by atoms with Gasteiger partial charge in [0.2, 0.25) is 0 Å². The van der Waals surface area contributed by atoms with Gasteiger partial charge in [-0.25, -0.2) is 0 Å². The summed E-state index contributed by atoms with van der Waals surface area (Å²) in [5, 5.41) is 68.2. The van der Waals surface area contributed by atoms with E-state index < -0.39 is 88.8 Å². The summed E-state index contributed by atoms with van der Waals surface area (Å²) in [6.07, 6.45) is 4.83. The zero-order valence-electron chi connectivity index (χ0n) is 41.5. The van der Waals surface area contributed by atoms with Crippen molar-refractivity contribution < 1.29 is 63.6 Å². The van der Waals surface area contributed by atoms with Crippen molar-refractivity contribution in [3.8, 4) is 28.7 Å². The van der Waals surface area contributed by atoms with E-state index in [0.29, 0.717) is 19.6 Å². The maximum Gasteiger partial charge on any atom is 0.312 e. The lowest BCUT2D eigenvalue weighted by Gasteiger charge is -2.43. The van der Waals surface area contributed by atoms with E-state index in [2.05, 4.69) is 10.2 Å². The minimum Gasteiger partial charge on any atom is -0.507 e. The third kappa shape index (κ3) is 10.4. The number of hydrazone groups is 1. The molecule has 5 bridgehead atoms. The molecule has 3 aromatic carbocycles. The Balaban J connectivity index is 1.48. The number of ketones is 1. The lowest BCUT2D eigenvalue weighted by Crippen LogP contribution is -2.54. The van der Waals surface area contributed by atoms with Crippen molar-refractivity contribution in [2.75, 3.05) is 32.6 Å². The molecule has 4 aliphatic heterocycles. The largest absolute Gasteiger partial charge is 0.507 e. The van der Waals surface area contributed by atoms with Crippen molar-refractivity contribution in [3.63, 3.8) is 0 Å². The molecule has 0 saturated carbocycles. The fourth-order valence-corrected chi connectivity index (χ4v) is 9.85. The molecule has 11 unspecified atom stereocenters. The van der Waals surface area contributed by atoms with Gasteiger partial charge < -0.3 is 54.5 Å². The van der Waals surface area contributed by atoms with Crippen molar-refractivity contribution in [2.45, 2.75) is 118 Å². The highest BCUT2D eigenvalue weighted by Gasteiger charge is 2.50. The van der Waals surface area contributed by atoms with E-state index in [4.69, 9.17) is 28.8 Å². The SMILES string of the molecule is COc1ccccc1CN1CC(C)N(N=Cc2c3c(O)c4c(O)c(C)c5c(c4c2O)C(=O)C(C)(O/C=C/C(OC)C(C)C(OC(C)=O)C(C)C(O)C(C)C(O)C(C)/C=C/C=C(\C)C(=O)N3)O5)C(C)C1. The number of anilines is 1. The minimum atomic E-state index is -2.08. The van der Waals surface area contributed by atoms with Crippen molar-refractivity contribution in [3.05, 3.63) is 82.7 Å². The fraction of sp³-hybridized carbons (Fsp3) is 0.500. The van der Waals surface area contributed by atoms with Gasteiger partial charge >= 0.3 is 11.8 Å². The first kappa shape index (κ1) is 52.2. The van der Waals surface area contributed by atoms with E-state index in [9.17, 15) is 39.9 Å². The molecule has 4 heterocycles. The molecule has 17 nitrogen and oxygen atoms in total. The van der Waals surface area contributed by atoms with Crippen molar-refractivity contribution in [2.24, 2.45) is 28.8 Å². The summed E-state index contributed by atoms with van der Waals surface area (Å²) in [4.78, 5) is 43.4. The Kier molecular flexibility index (Phi) is 16.1. The van der Waals surface area contributed by atoms with Crippen LogP contribution in [0.4, 0.5) is 5.69 Å². The number of allylic oxidation sites excluding steroid dienone is 2. The quantitative estimate of drug-likeness (QED) is 0.0627. The summed E-state index contributed by atoms with van der Waals surface area (Å²) in [6, 6.07) is 7.52. The summed E-state index contributed by atoms with van der Waals surface area (Å²) in [7, 11) is 3.08. The van der Waals surface area contributed by atoms with Crippen LogP contribution in [0, 0.1) is 30.6 Å². The van der Waals surface area contributed by atoms with Gasteiger partial charge in [-0.15, -0.1) is 0 Å². The number of benzene rings is 3. The number of aliphatic hydroxyl groups is 2. The lowest BCUT2D eigenvalue weighted by molar-refractivity contribution is -0.160. The van der Waals surface area contributed by atoms with E-state index in [1.807, 2.05) is 43.1 Å². The summed E-state index contributed by atoms with van der Waals surface area (Å²) in [5.41, 5.74) is 0.595. The molecule has 69 heavy (non-hydrogen) atoms. The Labute approximate surface area is 403 Å². The first-order valence-electron chi connectivity index (χ1n) is 23.3. The number of fused-ring (bicyclic) bond motifs is 14. The number of nitrogens with one attached hydrogen (secondary N) is 1. The number of aromatic hydroxyl groups is 3. The first-order chi connectivity index (χ1) is 32.6. The Morgan fingerprint density at radius 2 is 1.58 bits per heavy atom. The molecule has 0 aliphatic carbocycles. The van der Waals surface area contributed by atoms with Crippen molar-refractivity contribution in [1.82, 2.24) is 9.91 Å². The number of Topliss-reactive ketones (excluding diaryl/α,β-unsaturated/α-hetero) is 1. The molecule has 0 spiro atoms. The highest BCUT2D eigenvalue weighted by molar-refractivity contribution is 6.23. The summed E-state index contributed by atoms with van der Waals surface area (Å²) >= 11 is 0. The van der Waals surface area contributed by atoms with Crippen LogP contribution in [0.2, 0.25) is 0 Å². The molecule has 0 radical (unpaired) electrons. The average Bonchev–Trinajstić information content (AvgIpc) is 3.57. The highest BCUT2D eigenvalue weighted by atomic mass is 16.7. The fourth-order valence-electron chi connectivity index (χ4n) is 9.85. The molecule has 17 heteroatoms. The number of carbonyl (C=O) groups is 3. The van der Waals surface area contributed by atoms with Gasteiger partial charge in [0.15, 0.2) is 5.75 Å². The van der Waals surface area contributed by atoms with E-state index in [0.717, 1.165) is 11.3 Å². The van der Waals surface area contributed by atoms with Gasteiger partial charge in [-0.3, -0.25) is 24.3 Å². The maximum absolute atomic E-state index is 14.7. The van der Waals surface area contributed by atoms with Crippen LogP contribution in [0.3, 0.4) is 0 Å². The van der Waals surface area contributed by atoms with Crippen LogP contribution in [0.25, 0.3) is 10.8 Å². The van der Waals surface area contributed by atoms with Gasteiger partial charge in [0.1, 0.15) is 29.1 Å². The van der Waals surface area contributed by atoms with Gasteiger partial charge in [0, 0.05) is 86.3 Å². The zero-order valence-corrected chi connectivity index (χ0v) is 41.5. The highest BCUT2D eigenvalue weighted by Crippen LogP contribution is 2.55. The molecular formula is C52H68N4O13. The zero-order chi connectivity index (χ0) is 50.8. The third-order valence-electron chi connectivity index (χ3n) is 13.9. The third-order valence-corrected chi connectivity index (χ3v) is 13.9. The van der Waals surface area contributed by atoms with Crippen LogP contribution >= 0.6 is 0 Å². The molecular weight excluding hydrogens is 889 g/mol. The number of hydrogen-bond acceptors (Lipinski definition) is 16. The lowest BCUT2D eigenvalue weighted by atomic mass is 9.78. The second kappa shape index (κ2) is 21.2. The van der Waals surface area contributed by atoms with Crippen LogP contribution in [0.1, 0.15) is 89.4 Å². The van der Waals surface area contributed by atoms with Crippen LogP contribution in [-0.2, 0) is 30.3 Å². The monoisotopic (exact) mass is 956 g/mol. The van der Waals surface area contributed by atoms with Gasteiger partial charge in [-0.05, 0) is 39.8 Å². The number of ether oxygens (including phenoxy) is 5. The number of para-hydroxylation sites is 1. The normalized spacial score (nSPS) is 31.2. The molecule has 4 aliphatic rings. The molecule has 1 saturated heterocycles. The number of aliphatic hydroxyl groups excluding tert-OH is 2. The van der Waals surface area contributed by atoms with E-state index in [1.165, 1.54) is 59.4 Å². The summed E-state index contributed by atoms with van der Waals surface area (Å²) in [5.74, 6) is -7.76. The topological polar surface area (TPSA) is 229 Å². The standard InChI is InChI=1S/C52H68N4O13/c1-26-16-15-17-27(2)51(64)54-42-36(22-53-56-28(3)23-55(24-29(56)4)25-35-18-13-14-19-38(35)66-12)46(61)39-40(47(42)62)45(60)33(8)49-41(39)50(63)52(10,69-49)67-21-20-37(65-11)30(5)48(68-34(9)57)32(7)44(59)31(6)43(26)58/h13-22,26,28-32,37,43-44,48,58-62H,23-25H2,1-12H3,(H,54,64)/b16-15+,21-20+,27-17+,53-22?. The minimum absolute atomic E-state index is 0.0432. The molecule has 3 aromatic rings. The smallest absolute Gasteiger partial charge is 0.312 e. The van der Waals surface area contributed by atoms with Gasteiger partial charge in [0.05, 0.1) is 72.2 Å².